The van der Waals surface area contributed by atoms with Crippen LogP contribution in [0.25, 0.3) is 10.8 Å². The quantitative estimate of drug-likeness (QED) is 0.927. The van der Waals surface area contributed by atoms with Crippen molar-refractivity contribution < 1.29 is 22.1 Å². The lowest BCUT2D eigenvalue weighted by Crippen LogP contribution is -2.23. The Morgan fingerprint density at radius 2 is 1.76 bits per heavy atom. The smallest absolute Gasteiger partial charge is 0.382 e. The van der Waals surface area contributed by atoms with E-state index in [1.54, 1.807) is 32.2 Å². The van der Waals surface area contributed by atoms with E-state index in [-0.39, 0.29) is 0 Å². The van der Waals surface area contributed by atoms with E-state index in [2.05, 4.69) is 4.18 Å². The fraction of sp³-hybridized carbons (Fsp3) is 0.214. The summed E-state index contributed by atoms with van der Waals surface area (Å²) >= 11 is 0. The van der Waals surface area contributed by atoms with Crippen LogP contribution < -0.4 is 9.88 Å². The van der Waals surface area contributed by atoms with Gasteiger partial charge in [-0.2, -0.15) is 13.6 Å². The molecule has 2 N–H and O–H groups in total. The van der Waals surface area contributed by atoms with Crippen LogP contribution in [0.5, 0.6) is 5.75 Å². The van der Waals surface area contributed by atoms with E-state index in [0.717, 1.165) is 16.5 Å². The molecule has 0 aliphatic heterocycles. The van der Waals surface area contributed by atoms with Crippen molar-refractivity contribution in [3.05, 3.63) is 42.0 Å². The monoisotopic (exact) mass is 309 g/mol. The summed E-state index contributed by atoms with van der Waals surface area (Å²) in [6.07, 6.45) is 0. The lowest BCUT2D eigenvalue weighted by atomic mass is 9.98. The first-order valence-corrected chi connectivity index (χ1v) is 7.61. The lowest BCUT2D eigenvalue weighted by Gasteiger charge is -2.11. The van der Waals surface area contributed by atoms with Gasteiger partial charge in [0.05, 0.1) is 13.0 Å². The van der Waals surface area contributed by atoms with E-state index >= 15 is 0 Å². The number of carbonyl (C=O) groups excluding carboxylic acids is 1. The third-order valence-electron chi connectivity index (χ3n) is 3.12. The van der Waals surface area contributed by atoms with E-state index < -0.39 is 22.2 Å². The predicted octanol–water partition coefficient (Wildman–Crippen LogP) is 1.70. The molecule has 0 amide bonds. The number of carbonyl (C=O) groups is 1. The van der Waals surface area contributed by atoms with Crippen LogP contribution in [0, 0.1) is 0 Å². The van der Waals surface area contributed by atoms with Crippen LogP contribution in [0.2, 0.25) is 0 Å². The third-order valence-corrected chi connectivity index (χ3v) is 3.52. The molecule has 0 heterocycles. The highest BCUT2D eigenvalue weighted by atomic mass is 32.2. The summed E-state index contributed by atoms with van der Waals surface area (Å²) in [7, 11) is -2.71. The summed E-state index contributed by atoms with van der Waals surface area (Å²) in [4.78, 5) is 11.7. The molecular weight excluding hydrogens is 294 g/mol. The zero-order valence-electron chi connectivity index (χ0n) is 11.6. The fourth-order valence-electron chi connectivity index (χ4n) is 1.96. The first kappa shape index (κ1) is 15.3. The Labute approximate surface area is 122 Å². The van der Waals surface area contributed by atoms with Gasteiger partial charge in [0.15, 0.2) is 0 Å². The second-order valence-corrected chi connectivity index (χ2v) is 5.74. The molecule has 7 heteroatoms. The van der Waals surface area contributed by atoms with Gasteiger partial charge in [-0.25, -0.2) is 0 Å². The Bertz CT molecular complexity index is 785. The average molecular weight is 309 g/mol. The summed E-state index contributed by atoms with van der Waals surface area (Å²) in [6, 6.07) is 10.9. The largest absolute Gasteiger partial charge is 0.497 e. The SMILES string of the molecule is COc1ccc2cc([C@H](C)C(=O)OS(N)(=O)=O)ccc2c1. The average Bonchev–Trinajstić information content (AvgIpc) is 2.43. The zero-order valence-corrected chi connectivity index (χ0v) is 12.4. The minimum absolute atomic E-state index is 0.640. The molecule has 2 rings (SSSR count). The Balaban J connectivity index is 2.32. The van der Waals surface area contributed by atoms with Gasteiger partial charge >= 0.3 is 16.3 Å². The Morgan fingerprint density at radius 1 is 1.14 bits per heavy atom. The van der Waals surface area contributed by atoms with Crippen LogP contribution in [0.15, 0.2) is 36.4 Å². The minimum Gasteiger partial charge on any atom is -0.497 e. The molecule has 2 aromatic carbocycles. The van der Waals surface area contributed by atoms with Gasteiger partial charge in [-0.3, -0.25) is 4.79 Å². The molecule has 0 saturated carbocycles. The molecule has 0 aliphatic carbocycles. The number of benzene rings is 2. The van der Waals surface area contributed by atoms with Crippen molar-refractivity contribution in [3.63, 3.8) is 0 Å². The van der Waals surface area contributed by atoms with Gasteiger partial charge in [0.25, 0.3) is 0 Å². The molecule has 0 saturated heterocycles. The lowest BCUT2D eigenvalue weighted by molar-refractivity contribution is -0.135. The van der Waals surface area contributed by atoms with Crippen molar-refractivity contribution in [1.29, 1.82) is 0 Å². The molecule has 21 heavy (non-hydrogen) atoms. The van der Waals surface area contributed by atoms with Gasteiger partial charge in [-0.05, 0) is 35.4 Å². The maximum absolute atomic E-state index is 11.7. The summed E-state index contributed by atoms with van der Waals surface area (Å²) in [5.41, 5.74) is 0.640. The summed E-state index contributed by atoms with van der Waals surface area (Å²) < 4.78 is 30.9. The minimum atomic E-state index is -4.29. The number of rotatable bonds is 4. The first-order chi connectivity index (χ1) is 9.80. The van der Waals surface area contributed by atoms with Crippen molar-refractivity contribution >= 4 is 27.0 Å². The normalized spacial score (nSPS) is 12.9. The van der Waals surface area contributed by atoms with E-state index in [4.69, 9.17) is 9.88 Å². The molecule has 0 unspecified atom stereocenters. The number of fused-ring (bicyclic) bond motifs is 1. The molecule has 6 nitrogen and oxygen atoms in total. The fourth-order valence-corrected chi connectivity index (χ4v) is 2.33. The topological polar surface area (TPSA) is 95.7 Å². The van der Waals surface area contributed by atoms with Gasteiger partial charge in [0.1, 0.15) is 5.75 Å². The predicted molar refractivity (Wildman–Crippen MR) is 78.1 cm³/mol. The highest BCUT2D eigenvalue weighted by Gasteiger charge is 2.21. The van der Waals surface area contributed by atoms with Crippen molar-refractivity contribution in [2.75, 3.05) is 7.11 Å². The van der Waals surface area contributed by atoms with Crippen molar-refractivity contribution in [2.24, 2.45) is 5.14 Å². The van der Waals surface area contributed by atoms with E-state index in [0.29, 0.717) is 5.56 Å². The number of nitrogens with two attached hydrogens (primary N) is 1. The molecule has 1 atom stereocenters. The molecule has 0 aliphatic rings. The Morgan fingerprint density at radius 3 is 2.38 bits per heavy atom. The molecule has 2 aromatic rings. The van der Waals surface area contributed by atoms with Crippen LogP contribution in [0.4, 0.5) is 0 Å². The van der Waals surface area contributed by atoms with Gasteiger partial charge in [0.2, 0.25) is 0 Å². The molecule has 0 fully saturated rings. The molecular formula is C14H15NO5S. The van der Waals surface area contributed by atoms with Crippen molar-refractivity contribution in [2.45, 2.75) is 12.8 Å². The summed E-state index contributed by atoms with van der Waals surface area (Å²) in [6.45, 7) is 1.55. The number of ether oxygens (including phenoxy) is 1. The van der Waals surface area contributed by atoms with Crippen LogP contribution in [0.1, 0.15) is 18.4 Å². The van der Waals surface area contributed by atoms with Crippen molar-refractivity contribution in [3.8, 4) is 5.75 Å². The van der Waals surface area contributed by atoms with E-state index in [1.807, 2.05) is 18.2 Å². The molecule has 0 radical (unpaired) electrons. The third kappa shape index (κ3) is 3.71. The van der Waals surface area contributed by atoms with Crippen LogP contribution in [-0.4, -0.2) is 21.5 Å². The van der Waals surface area contributed by atoms with Gasteiger partial charge in [-0.1, -0.05) is 24.3 Å². The van der Waals surface area contributed by atoms with Crippen LogP contribution >= 0.6 is 0 Å². The van der Waals surface area contributed by atoms with Gasteiger partial charge in [-0.15, -0.1) is 0 Å². The second-order valence-electron chi connectivity index (χ2n) is 4.59. The second kappa shape index (κ2) is 5.71. The van der Waals surface area contributed by atoms with Crippen LogP contribution in [-0.2, 0) is 19.3 Å². The first-order valence-electron chi connectivity index (χ1n) is 6.14. The molecule has 0 aromatic heterocycles. The number of methoxy groups -OCH3 is 1. The van der Waals surface area contributed by atoms with Gasteiger partial charge < -0.3 is 8.92 Å². The van der Waals surface area contributed by atoms with E-state index in [1.165, 1.54) is 0 Å². The number of hydrogen-bond acceptors (Lipinski definition) is 5. The Hall–Kier alpha value is -2.12. The maximum Gasteiger partial charge on any atom is 0.382 e. The molecule has 0 bridgehead atoms. The summed E-state index contributed by atoms with van der Waals surface area (Å²) in [5, 5.41) is 6.55. The zero-order chi connectivity index (χ0) is 15.6. The Kier molecular flexibility index (Phi) is 4.15. The maximum atomic E-state index is 11.7. The number of hydrogen-bond donors (Lipinski definition) is 1. The molecule has 112 valence electrons. The molecule has 0 spiro atoms. The van der Waals surface area contributed by atoms with Crippen molar-refractivity contribution in [1.82, 2.24) is 0 Å². The highest BCUT2D eigenvalue weighted by Crippen LogP contribution is 2.25. The van der Waals surface area contributed by atoms with Gasteiger partial charge in [0, 0.05) is 0 Å². The van der Waals surface area contributed by atoms with Crippen LogP contribution in [0.3, 0.4) is 0 Å². The summed E-state index contributed by atoms with van der Waals surface area (Å²) in [5.74, 6) is -0.919. The highest BCUT2D eigenvalue weighted by molar-refractivity contribution is 7.84. The standard InChI is InChI=1S/C14H15NO5S/c1-9(14(16)20-21(15,17)18)10-3-4-12-8-13(19-2)6-5-11(12)7-10/h3-9H,1-2H3,(H2,15,17,18)/t9-/m0/s1. The van der Waals surface area contributed by atoms with E-state index in [9.17, 15) is 13.2 Å².